The maximum Gasteiger partial charge on any atom is 0.194 e. The average Bonchev–Trinajstić information content (AvgIpc) is 2.84. The highest BCUT2D eigenvalue weighted by Crippen LogP contribution is 2.21. The lowest BCUT2D eigenvalue weighted by atomic mass is 10.1. The number of nitrogens with two attached hydrogens (primary N) is 1. The zero-order valence-electron chi connectivity index (χ0n) is 9.05. The lowest BCUT2D eigenvalue weighted by Crippen LogP contribution is -2.00. The van der Waals surface area contributed by atoms with E-state index in [0.29, 0.717) is 5.70 Å². The molecule has 0 radical (unpaired) electrons. The van der Waals surface area contributed by atoms with Crippen LogP contribution in [0.3, 0.4) is 0 Å². The Morgan fingerprint density at radius 2 is 2.44 bits per heavy atom. The van der Waals surface area contributed by atoms with Gasteiger partial charge in [-0.2, -0.15) is 0 Å². The SMILES string of the molecule is C=C/C=C(\C(N)=C/C)c1cn2ccsc2n1. The number of hydrogen-bond acceptors (Lipinski definition) is 3. The zero-order valence-corrected chi connectivity index (χ0v) is 9.87. The topological polar surface area (TPSA) is 43.3 Å². The molecule has 2 aromatic heterocycles. The molecule has 82 valence electrons. The molecule has 0 unspecified atom stereocenters. The van der Waals surface area contributed by atoms with Gasteiger partial charge in [0.2, 0.25) is 0 Å². The van der Waals surface area contributed by atoms with E-state index >= 15 is 0 Å². The Morgan fingerprint density at radius 1 is 1.62 bits per heavy atom. The van der Waals surface area contributed by atoms with Crippen LogP contribution in [0.4, 0.5) is 0 Å². The number of allylic oxidation sites excluding steroid dienone is 4. The van der Waals surface area contributed by atoms with E-state index in [9.17, 15) is 0 Å². The van der Waals surface area contributed by atoms with Gasteiger partial charge in [0.1, 0.15) is 0 Å². The van der Waals surface area contributed by atoms with Gasteiger partial charge in [-0.15, -0.1) is 11.3 Å². The Labute approximate surface area is 98.2 Å². The van der Waals surface area contributed by atoms with E-state index in [2.05, 4.69) is 11.6 Å². The van der Waals surface area contributed by atoms with Gasteiger partial charge in [-0.25, -0.2) is 4.98 Å². The van der Waals surface area contributed by atoms with Crippen LogP contribution < -0.4 is 5.73 Å². The van der Waals surface area contributed by atoms with Crippen LogP contribution in [0.5, 0.6) is 0 Å². The van der Waals surface area contributed by atoms with Crippen molar-refractivity contribution in [3.63, 3.8) is 0 Å². The first kappa shape index (κ1) is 10.7. The number of thiazole rings is 1. The molecule has 2 N–H and O–H groups in total. The molecule has 0 saturated heterocycles. The Bertz CT molecular complexity index is 543. The predicted octanol–water partition coefficient (Wildman–Crippen LogP) is 2.83. The summed E-state index contributed by atoms with van der Waals surface area (Å²) in [7, 11) is 0. The molecule has 0 spiro atoms. The van der Waals surface area contributed by atoms with Crippen molar-refractivity contribution in [3.05, 3.63) is 54.0 Å². The molecule has 0 atom stereocenters. The van der Waals surface area contributed by atoms with Crippen molar-refractivity contribution in [2.24, 2.45) is 5.73 Å². The van der Waals surface area contributed by atoms with Gasteiger partial charge >= 0.3 is 0 Å². The molecular formula is C12H13N3S. The normalized spacial score (nSPS) is 13.3. The number of fused-ring (bicyclic) bond motifs is 1. The van der Waals surface area contributed by atoms with Crippen LogP contribution in [0.2, 0.25) is 0 Å². The van der Waals surface area contributed by atoms with Gasteiger partial charge in [-0.05, 0) is 6.92 Å². The molecule has 0 aliphatic carbocycles. The fraction of sp³-hybridized carbons (Fsp3) is 0.0833. The molecule has 0 fully saturated rings. The third-order valence-corrected chi connectivity index (χ3v) is 3.05. The molecule has 0 aliphatic heterocycles. The summed E-state index contributed by atoms with van der Waals surface area (Å²) in [6.07, 6.45) is 9.41. The van der Waals surface area contributed by atoms with E-state index in [1.54, 1.807) is 17.4 Å². The van der Waals surface area contributed by atoms with Crippen LogP contribution in [-0.4, -0.2) is 9.38 Å². The minimum Gasteiger partial charge on any atom is -0.398 e. The fourth-order valence-electron chi connectivity index (χ4n) is 1.46. The summed E-state index contributed by atoms with van der Waals surface area (Å²) in [5, 5.41) is 2.00. The van der Waals surface area contributed by atoms with E-state index in [-0.39, 0.29) is 0 Å². The highest BCUT2D eigenvalue weighted by molar-refractivity contribution is 7.15. The van der Waals surface area contributed by atoms with Crippen LogP contribution >= 0.6 is 11.3 Å². The van der Waals surface area contributed by atoms with Crippen molar-refractivity contribution in [1.82, 2.24) is 9.38 Å². The first-order chi connectivity index (χ1) is 7.76. The fourth-order valence-corrected chi connectivity index (χ4v) is 2.16. The van der Waals surface area contributed by atoms with Crippen molar-refractivity contribution >= 4 is 21.9 Å². The Balaban J connectivity index is 2.52. The molecule has 16 heavy (non-hydrogen) atoms. The smallest absolute Gasteiger partial charge is 0.194 e. The summed E-state index contributed by atoms with van der Waals surface area (Å²) >= 11 is 1.60. The zero-order chi connectivity index (χ0) is 11.5. The third kappa shape index (κ3) is 1.79. The summed E-state index contributed by atoms with van der Waals surface area (Å²) < 4.78 is 1.99. The molecule has 0 aromatic carbocycles. The van der Waals surface area contributed by atoms with Crippen LogP contribution in [0.25, 0.3) is 10.5 Å². The standard InChI is InChI=1S/C12H13N3S/c1-3-5-9(10(13)4-2)11-8-15-6-7-16-12(15)14-11/h3-8H,1,13H2,2H3/b9-5+,10-4+. The Morgan fingerprint density at radius 3 is 3.06 bits per heavy atom. The summed E-state index contributed by atoms with van der Waals surface area (Å²) in [6, 6.07) is 0. The third-order valence-electron chi connectivity index (χ3n) is 2.28. The van der Waals surface area contributed by atoms with Crippen LogP contribution in [0, 0.1) is 0 Å². The number of rotatable bonds is 3. The molecule has 0 saturated carbocycles. The van der Waals surface area contributed by atoms with Gasteiger partial charge in [0, 0.05) is 29.0 Å². The summed E-state index contributed by atoms with van der Waals surface area (Å²) in [5.74, 6) is 0. The van der Waals surface area contributed by atoms with Gasteiger partial charge < -0.3 is 5.73 Å². The molecule has 2 heterocycles. The van der Waals surface area contributed by atoms with Crippen LogP contribution in [-0.2, 0) is 0 Å². The van der Waals surface area contributed by atoms with Crippen molar-refractivity contribution in [2.45, 2.75) is 6.92 Å². The molecule has 0 aliphatic rings. The van der Waals surface area contributed by atoms with Gasteiger partial charge in [0.15, 0.2) is 4.96 Å². The van der Waals surface area contributed by atoms with Gasteiger partial charge in [-0.1, -0.05) is 24.8 Å². The van der Waals surface area contributed by atoms with E-state index < -0.39 is 0 Å². The minimum absolute atomic E-state index is 0.714. The molecule has 0 amide bonds. The molecular weight excluding hydrogens is 218 g/mol. The van der Waals surface area contributed by atoms with Gasteiger partial charge in [0.05, 0.1) is 5.69 Å². The second-order valence-electron chi connectivity index (χ2n) is 3.28. The van der Waals surface area contributed by atoms with Gasteiger partial charge in [0.25, 0.3) is 0 Å². The van der Waals surface area contributed by atoms with E-state index in [0.717, 1.165) is 16.2 Å². The summed E-state index contributed by atoms with van der Waals surface area (Å²) in [5.41, 5.74) is 8.43. The lowest BCUT2D eigenvalue weighted by molar-refractivity contribution is 1.23. The summed E-state index contributed by atoms with van der Waals surface area (Å²) in [4.78, 5) is 5.47. The molecule has 3 nitrogen and oxygen atoms in total. The van der Waals surface area contributed by atoms with E-state index in [1.165, 1.54) is 0 Å². The minimum atomic E-state index is 0.714. The monoisotopic (exact) mass is 231 g/mol. The van der Waals surface area contributed by atoms with Crippen molar-refractivity contribution < 1.29 is 0 Å². The highest BCUT2D eigenvalue weighted by Gasteiger charge is 2.08. The second kappa shape index (κ2) is 4.37. The largest absolute Gasteiger partial charge is 0.398 e. The van der Waals surface area contributed by atoms with E-state index in [4.69, 9.17) is 5.73 Å². The van der Waals surface area contributed by atoms with Crippen molar-refractivity contribution in [1.29, 1.82) is 0 Å². The molecule has 2 rings (SSSR count). The Hall–Kier alpha value is -1.81. The number of hydrogen-bond donors (Lipinski definition) is 1. The number of nitrogens with zero attached hydrogens (tertiary/aromatic N) is 2. The van der Waals surface area contributed by atoms with Crippen molar-refractivity contribution in [3.8, 4) is 0 Å². The average molecular weight is 231 g/mol. The lowest BCUT2D eigenvalue weighted by Gasteiger charge is -2.02. The number of aromatic nitrogens is 2. The Kier molecular flexibility index (Phi) is 2.92. The predicted molar refractivity (Wildman–Crippen MR) is 69.2 cm³/mol. The van der Waals surface area contributed by atoms with Crippen molar-refractivity contribution in [2.75, 3.05) is 0 Å². The molecule has 0 bridgehead atoms. The molecule has 2 aromatic rings. The summed E-state index contributed by atoms with van der Waals surface area (Å²) in [6.45, 7) is 5.60. The maximum absolute atomic E-state index is 5.93. The quantitative estimate of drug-likeness (QED) is 0.825. The number of imidazole rings is 1. The maximum atomic E-state index is 5.93. The second-order valence-corrected chi connectivity index (χ2v) is 4.15. The van der Waals surface area contributed by atoms with Crippen LogP contribution in [0.1, 0.15) is 12.6 Å². The molecule has 4 heteroatoms. The van der Waals surface area contributed by atoms with Gasteiger partial charge in [-0.3, -0.25) is 4.40 Å². The first-order valence-corrected chi connectivity index (χ1v) is 5.81. The van der Waals surface area contributed by atoms with Crippen LogP contribution in [0.15, 0.2) is 48.3 Å². The van der Waals surface area contributed by atoms with E-state index in [1.807, 2.05) is 41.3 Å². The highest BCUT2D eigenvalue weighted by atomic mass is 32.1. The first-order valence-electron chi connectivity index (χ1n) is 4.93.